The van der Waals surface area contributed by atoms with Crippen molar-refractivity contribution in [3.05, 3.63) is 17.5 Å². The summed E-state index contributed by atoms with van der Waals surface area (Å²) in [7, 11) is 0. The van der Waals surface area contributed by atoms with Crippen molar-refractivity contribution in [2.45, 2.75) is 51.6 Å². The standard InChI is InChI=1S/C15H23N3/c1-9(2)17-7-12-13(8-17)15(12)14-6-10(3)18(16-14)11-4-5-11/h6,9,11-13,15H,4-5,7-8H2,1-3H3. The van der Waals surface area contributed by atoms with Crippen LogP contribution in [0.25, 0.3) is 0 Å². The second-order valence-corrected chi connectivity index (χ2v) is 6.79. The van der Waals surface area contributed by atoms with Crippen molar-refractivity contribution in [2.24, 2.45) is 11.8 Å². The molecule has 2 saturated carbocycles. The molecule has 1 aliphatic heterocycles. The van der Waals surface area contributed by atoms with Gasteiger partial charge in [-0.3, -0.25) is 4.68 Å². The van der Waals surface area contributed by atoms with Gasteiger partial charge in [-0.15, -0.1) is 0 Å². The van der Waals surface area contributed by atoms with Gasteiger partial charge in [0.2, 0.25) is 0 Å². The topological polar surface area (TPSA) is 21.1 Å². The summed E-state index contributed by atoms with van der Waals surface area (Å²) in [5.74, 6) is 2.57. The molecule has 2 atom stereocenters. The summed E-state index contributed by atoms with van der Waals surface area (Å²) in [6.07, 6.45) is 2.67. The first-order valence-corrected chi connectivity index (χ1v) is 7.45. The van der Waals surface area contributed by atoms with Gasteiger partial charge in [0, 0.05) is 30.7 Å². The van der Waals surface area contributed by atoms with Crippen molar-refractivity contribution in [2.75, 3.05) is 13.1 Å². The van der Waals surface area contributed by atoms with Crippen LogP contribution in [0.4, 0.5) is 0 Å². The van der Waals surface area contributed by atoms with E-state index in [1.165, 1.54) is 37.3 Å². The highest BCUT2D eigenvalue weighted by Crippen LogP contribution is 2.58. The van der Waals surface area contributed by atoms with Crippen molar-refractivity contribution < 1.29 is 0 Å². The second kappa shape index (κ2) is 3.60. The Balaban J connectivity index is 1.49. The third-order valence-corrected chi connectivity index (χ3v) is 5.13. The Morgan fingerprint density at radius 2 is 1.89 bits per heavy atom. The molecule has 3 nitrogen and oxygen atoms in total. The lowest BCUT2D eigenvalue weighted by Gasteiger charge is -2.23. The van der Waals surface area contributed by atoms with Gasteiger partial charge in [0.15, 0.2) is 0 Å². The van der Waals surface area contributed by atoms with E-state index in [0.717, 1.165) is 23.8 Å². The van der Waals surface area contributed by atoms with E-state index in [-0.39, 0.29) is 0 Å². The van der Waals surface area contributed by atoms with E-state index < -0.39 is 0 Å². The first-order valence-electron chi connectivity index (χ1n) is 7.45. The Morgan fingerprint density at radius 1 is 1.22 bits per heavy atom. The Labute approximate surface area is 109 Å². The number of hydrogen-bond donors (Lipinski definition) is 0. The largest absolute Gasteiger partial charge is 0.300 e. The predicted octanol–water partition coefficient (Wildman–Crippen LogP) is 2.58. The molecule has 0 N–H and O–H groups in total. The molecule has 18 heavy (non-hydrogen) atoms. The maximum absolute atomic E-state index is 4.88. The monoisotopic (exact) mass is 245 g/mol. The number of fused-ring (bicyclic) bond motifs is 1. The van der Waals surface area contributed by atoms with E-state index >= 15 is 0 Å². The molecule has 0 bridgehead atoms. The molecule has 98 valence electrons. The number of hydrogen-bond acceptors (Lipinski definition) is 2. The van der Waals surface area contributed by atoms with Gasteiger partial charge in [-0.05, 0) is 51.5 Å². The van der Waals surface area contributed by atoms with Crippen molar-refractivity contribution in [1.29, 1.82) is 0 Å². The molecule has 1 aromatic rings. The van der Waals surface area contributed by atoms with Gasteiger partial charge in [-0.25, -0.2) is 0 Å². The molecule has 2 unspecified atom stereocenters. The van der Waals surface area contributed by atoms with Gasteiger partial charge in [-0.1, -0.05) is 0 Å². The van der Waals surface area contributed by atoms with Gasteiger partial charge in [0.05, 0.1) is 11.7 Å². The Bertz CT molecular complexity index is 460. The minimum absolute atomic E-state index is 0.712. The van der Waals surface area contributed by atoms with Crippen LogP contribution in [0.15, 0.2) is 6.07 Å². The molecule has 3 fully saturated rings. The summed E-state index contributed by atoms with van der Waals surface area (Å²) >= 11 is 0. The Morgan fingerprint density at radius 3 is 2.44 bits per heavy atom. The highest BCUT2D eigenvalue weighted by atomic mass is 15.3. The predicted molar refractivity (Wildman–Crippen MR) is 71.7 cm³/mol. The quantitative estimate of drug-likeness (QED) is 0.816. The van der Waals surface area contributed by atoms with Crippen LogP contribution in [0.3, 0.4) is 0 Å². The molecule has 0 spiro atoms. The number of nitrogens with zero attached hydrogens (tertiary/aromatic N) is 3. The van der Waals surface area contributed by atoms with E-state index in [9.17, 15) is 0 Å². The van der Waals surface area contributed by atoms with Crippen molar-refractivity contribution in [3.63, 3.8) is 0 Å². The normalized spacial score (nSPS) is 35.2. The summed E-state index contributed by atoms with van der Waals surface area (Å²) in [5.41, 5.74) is 2.76. The summed E-state index contributed by atoms with van der Waals surface area (Å²) in [6, 6.07) is 3.79. The lowest BCUT2D eigenvalue weighted by atomic mass is 10.1. The molecule has 3 aliphatic rings. The van der Waals surface area contributed by atoms with Gasteiger partial charge in [-0.2, -0.15) is 5.10 Å². The number of rotatable bonds is 3. The zero-order valence-electron chi connectivity index (χ0n) is 11.6. The fraction of sp³-hybridized carbons (Fsp3) is 0.800. The van der Waals surface area contributed by atoms with Crippen LogP contribution in [0.5, 0.6) is 0 Å². The average molecular weight is 245 g/mol. The first kappa shape index (κ1) is 11.0. The van der Waals surface area contributed by atoms with Gasteiger partial charge < -0.3 is 4.90 Å². The fourth-order valence-corrected chi connectivity index (χ4v) is 3.78. The number of aryl methyl sites for hydroxylation is 1. The smallest absolute Gasteiger partial charge is 0.0665 e. The fourth-order valence-electron chi connectivity index (χ4n) is 3.78. The average Bonchev–Trinajstić information content (AvgIpc) is 3.21. The Hall–Kier alpha value is -0.830. The minimum atomic E-state index is 0.712. The molecule has 3 heteroatoms. The molecule has 1 saturated heterocycles. The van der Waals surface area contributed by atoms with Crippen LogP contribution in [0, 0.1) is 18.8 Å². The molecular formula is C15H23N3. The number of piperidine rings is 1. The lowest BCUT2D eigenvalue weighted by Crippen LogP contribution is -2.31. The van der Waals surface area contributed by atoms with E-state index in [4.69, 9.17) is 5.10 Å². The number of likely N-dealkylation sites (tertiary alicyclic amines) is 1. The van der Waals surface area contributed by atoms with Crippen molar-refractivity contribution in [3.8, 4) is 0 Å². The van der Waals surface area contributed by atoms with Gasteiger partial charge in [0.25, 0.3) is 0 Å². The van der Waals surface area contributed by atoms with Crippen LogP contribution in [0.1, 0.15) is 50.0 Å². The molecule has 4 rings (SSSR count). The molecule has 0 amide bonds. The Kier molecular flexibility index (Phi) is 2.20. The van der Waals surface area contributed by atoms with Crippen molar-refractivity contribution in [1.82, 2.24) is 14.7 Å². The van der Waals surface area contributed by atoms with E-state index in [2.05, 4.69) is 36.4 Å². The maximum Gasteiger partial charge on any atom is 0.0665 e. The lowest BCUT2D eigenvalue weighted by molar-refractivity contribution is 0.242. The van der Waals surface area contributed by atoms with Gasteiger partial charge >= 0.3 is 0 Å². The molecule has 2 heterocycles. The zero-order chi connectivity index (χ0) is 12.4. The van der Waals surface area contributed by atoms with Gasteiger partial charge in [0.1, 0.15) is 0 Å². The molecule has 0 radical (unpaired) electrons. The summed E-state index contributed by atoms with van der Waals surface area (Å²) in [6.45, 7) is 9.43. The number of aromatic nitrogens is 2. The van der Waals surface area contributed by atoms with Crippen LogP contribution in [-0.4, -0.2) is 33.8 Å². The van der Waals surface area contributed by atoms with E-state index in [1.54, 1.807) is 0 Å². The molecule has 0 aromatic carbocycles. The summed E-state index contributed by atoms with van der Waals surface area (Å²) < 4.78 is 2.28. The third-order valence-electron chi connectivity index (χ3n) is 5.13. The third kappa shape index (κ3) is 1.56. The second-order valence-electron chi connectivity index (χ2n) is 6.79. The molecular weight excluding hydrogens is 222 g/mol. The van der Waals surface area contributed by atoms with Crippen LogP contribution < -0.4 is 0 Å². The highest BCUT2D eigenvalue weighted by molar-refractivity contribution is 5.27. The SMILES string of the molecule is Cc1cc(C2C3CN(C(C)C)CC32)nn1C1CC1. The summed E-state index contributed by atoms with van der Waals surface area (Å²) in [4.78, 5) is 2.62. The van der Waals surface area contributed by atoms with E-state index in [1.807, 2.05) is 0 Å². The van der Waals surface area contributed by atoms with Crippen LogP contribution in [0.2, 0.25) is 0 Å². The van der Waals surface area contributed by atoms with Crippen LogP contribution >= 0.6 is 0 Å². The molecule has 1 aromatic heterocycles. The van der Waals surface area contributed by atoms with Crippen LogP contribution in [-0.2, 0) is 0 Å². The minimum Gasteiger partial charge on any atom is -0.300 e. The maximum atomic E-state index is 4.88. The summed E-state index contributed by atoms with van der Waals surface area (Å²) in [5, 5.41) is 4.88. The molecule has 2 aliphatic carbocycles. The first-order chi connectivity index (χ1) is 8.65. The van der Waals surface area contributed by atoms with Crippen molar-refractivity contribution >= 4 is 0 Å². The zero-order valence-corrected chi connectivity index (χ0v) is 11.6. The van der Waals surface area contributed by atoms with E-state index in [0.29, 0.717) is 6.04 Å². The highest BCUT2D eigenvalue weighted by Gasteiger charge is 2.57.